The van der Waals surface area contributed by atoms with Crippen molar-refractivity contribution in [1.29, 1.82) is 0 Å². The minimum atomic E-state index is 0. The Hall–Kier alpha value is -0.240. The Morgan fingerprint density at radius 2 is 2.00 bits per heavy atom. The van der Waals surface area contributed by atoms with Crippen LogP contribution >= 0.6 is 17.0 Å². The second kappa shape index (κ2) is 2.92. The van der Waals surface area contributed by atoms with Gasteiger partial charge in [0.05, 0.1) is 0 Å². The molecule has 0 aliphatic heterocycles. The molecule has 0 spiro atoms. The first kappa shape index (κ1) is 7.76. The summed E-state index contributed by atoms with van der Waals surface area (Å²) in [6.07, 6.45) is 1.95. The molecule has 8 heavy (non-hydrogen) atoms. The molecule has 0 unspecified atom stereocenters. The molecule has 0 amide bonds. The second-order valence-corrected chi connectivity index (χ2v) is 1.79. The maximum atomic E-state index is 3.07. The Kier molecular flexibility index (Phi) is 2.84. The number of halogens is 1. The molecule has 2 heteroatoms. The molecule has 1 aromatic heterocycles. The zero-order valence-electron chi connectivity index (χ0n) is 5.06. The third kappa shape index (κ3) is 1.37. The number of rotatable bonds is 0. The van der Waals surface area contributed by atoms with E-state index in [0.717, 1.165) is 0 Å². The van der Waals surface area contributed by atoms with Crippen LogP contribution in [0.2, 0.25) is 0 Å². The summed E-state index contributed by atoms with van der Waals surface area (Å²) in [6.45, 7) is 4.15. The highest BCUT2D eigenvalue weighted by molar-refractivity contribution is 8.93. The van der Waals surface area contributed by atoms with Crippen LogP contribution in [-0.4, -0.2) is 4.98 Å². The van der Waals surface area contributed by atoms with Gasteiger partial charge in [0.25, 0.3) is 0 Å². The highest BCUT2D eigenvalue weighted by Crippen LogP contribution is 1.99. The molecule has 46 valence electrons. The maximum absolute atomic E-state index is 3.07. The van der Waals surface area contributed by atoms with E-state index in [1.54, 1.807) is 0 Å². The number of hydrogen-bond acceptors (Lipinski definition) is 0. The summed E-state index contributed by atoms with van der Waals surface area (Å²) in [7, 11) is 0. The van der Waals surface area contributed by atoms with Crippen molar-refractivity contribution in [3.05, 3.63) is 23.5 Å². The van der Waals surface area contributed by atoms with Gasteiger partial charge in [-0.15, -0.1) is 17.0 Å². The van der Waals surface area contributed by atoms with Crippen molar-refractivity contribution >= 4 is 17.0 Å². The fourth-order valence-corrected chi connectivity index (χ4v) is 0.531. The smallest absolute Gasteiger partial charge is 0.0145 e. The predicted octanol–water partition coefficient (Wildman–Crippen LogP) is 2.21. The van der Waals surface area contributed by atoms with Gasteiger partial charge in [-0.1, -0.05) is 0 Å². The van der Waals surface area contributed by atoms with Gasteiger partial charge in [0.1, 0.15) is 0 Å². The van der Waals surface area contributed by atoms with E-state index in [0.29, 0.717) is 0 Å². The lowest BCUT2D eigenvalue weighted by Gasteiger charge is -1.81. The predicted molar refractivity (Wildman–Crippen MR) is 40.6 cm³/mol. The van der Waals surface area contributed by atoms with E-state index in [1.165, 1.54) is 11.3 Å². The summed E-state index contributed by atoms with van der Waals surface area (Å²) in [5.74, 6) is 0. The van der Waals surface area contributed by atoms with Crippen molar-refractivity contribution in [2.45, 2.75) is 13.8 Å². The first-order valence-electron chi connectivity index (χ1n) is 2.41. The molecule has 1 N–H and O–H groups in total. The molecule has 0 atom stereocenters. The summed E-state index contributed by atoms with van der Waals surface area (Å²) in [6, 6.07) is 2.06. The minimum absolute atomic E-state index is 0. The second-order valence-electron chi connectivity index (χ2n) is 1.79. The molecule has 0 fully saturated rings. The van der Waals surface area contributed by atoms with Crippen LogP contribution in [0.3, 0.4) is 0 Å². The van der Waals surface area contributed by atoms with Gasteiger partial charge in [-0.2, -0.15) is 0 Å². The molecule has 1 rings (SSSR count). The van der Waals surface area contributed by atoms with Crippen LogP contribution in [0.25, 0.3) is 0 Å². The molecular formula is C6H10BrN. The third-order valence-electron chi connectivity index (χ3n) is 1.22. The van der Waals surface area contributed by atoms with Gasteiger partial charge < -0.3 is 4.98 Å². The molecule has 0 radical (unpaired) electrons. The third-order valence-corrected chi connectivity index (χ3v) is 1.22. The van der Waals surface area contributed by atoms with Crippen molar-refractivity contribution in [2.75, 3.05) is 0 Å². The lowest BCUT2D eigenvalue weighted by atomic mass is 10.3. The largest absolute Gasteiger partial charge is 0.365 e. The highest BCUT2D eigenvalue weighted by Gasteiger charge is 1.85. The molecule has 1 heterocycles. The standard InChI is InChI=1S/C6H9N.BrH/c1-5-3-4-7-6(5)2;/h3-4,7H,1-2H3;1H. The van der Waals surface area contributed by atoms with E-state index in [1.807, 2.05) is 6.20 Å². The summed E-state index contributed by atoms with van der Waals surface area (Å²) in [4.78, 5) is 3.07. The molecule has 1 nitrogen and oxygen atoms in total. The van der Waals surface area contributed by atoms with Crippen LogP contribution in [0.1, 0.15) is 11.3 Å². The lowest BCUT2D eigenvalue weighted by Crippen LogP contribution is -1.69. The van der Waals surface area contributed by atoms with Gasteiger partial charge in [-0.25, -0.2) is 0 Å². The number of nitrogens with one attached hydrogen (secondary N) is 1. The molecular weight excluding hydrogens is 166 g/mol. The summed E-state index contributed by atoms with van der Waals surface area (Å²) in [5, 5.41) is 0. The van der Waals surface area contributed by atoms with Gasteiger partial charge in [0.15, 0.2) is 0 Å². The van der Waals surface area contributed by atoms with Gasteiger partial charge in [-0.05, 0) is 25.5 Å². The van der Waals surface area contributed by atoms with E-state index < -0.39 is 0 Å². The van der Waals surface area contributed by atoms with Gasteiger partial charge in [0.2, 0.25) is 0 Å². The number of hydrogen-bond donors (Lipinski definition) is 1. The Morgan fingerprint density at radius 3 is 2.12 bits per heavy atom. The van der Waals surface area contributed by atoms with Crippen LogP contribution in [-0.2, 0) is 0 Å². The summed E-state index contributed by atoms with van der Waals surface area (Å²) < 4.78 is 0. The fourth-order valence-electron chi connectivity index (χ4n) is 0.531. The molecule has 0 aromatic carbocycles. The fraction of sp³-hybridized carbons (Fsp3) is 0.333. The van der Waals surface area contributed by atoms with Crippen molar-refractivity contribution < 1.29 is 0 Å². The normalized spacial score (nSPS) is 8.25. The first-order valence-corrected chi connectivity index (χ1v) is 2.41. The average molecular weight is 176 g/mol. The van der Waals surface area contributed by atoms with Crippen LogP contribution in [0, 0.1) is 13.8 Å². The van der Waals surface area contributed by atoms with Gasteiger partial charge >= 0.3 is 0 Å². The highest BCUT2D eigenvalue weighted by atomic mass is 79.9. The van der Waals surface area contributed by atoms with Crippen molar-refractivity contribution in [3.8, 4) is 0 Å². The Morgan fingerprint density at radius 1 is 1.38 bits per heavy atom. The van der Waals surface area contributed by atoms with E-state index >= 15 is 0 Å². The Bertz CT molecular complexity index is 141. The average Bonchev–Trinajstić information content (AvgIpc) is 1.91. The van der Waals surface area contributed by atoms with Crippen LogP contribution in [0.4, 0.5) is 0 Å². The minimum Gasteiger partial charge on any atom is -0.365 e. The molecule has 0 bridgehead atoms. The number of aromatic nitrogens is 1. The van der Waals surface area contributed by atoms with Crippen molar-refractivity contribution in [2.24, 2.45) is 0 Å². The van der Waals surface area contributed by atoms with E-state index in [-0.39, 0.29) is 17.0 Å². The van der Waals surface area contributed by atoms with Crippen molar-refractivity contribution in [1.82, 2.24) is 4.98 Å². The van der Waals surface area contributed by atoms with Crippen LogP contribution in [0.5, 0.6) is 0 Å². The number of aromatic amines is 1. The van der Waals surface area contributed by atoms with E-state index in [9.17, 15) is 0 Å². The van der Waals surface area contributed by atoms with Crippen LogP contribution < -0.4 is 0 Å². The molecule has 0 aliphatic carbocycles. The monoisotopic (exact) mass is 175 g/mol. The first-order chi connectivity index (χ1) is 3.30. The van der Waals surface area contributed by atoms with Gasteiger partial charge in [0, 0.05) is 11.9 Å². The number of H-pyrrole nitrogens is 1. The molecule has 0 saturated heterocycles. The molecule has 0 aliphatic rings. The number of aryl methyl sites for hydroxylation is 2. The van der Waals surface area contributed by atoms with Crippen molar-refractivity contribution in [3.63, 3.8) is 0 Å². The SMILES string of the molecule is Br.Cc1cc[nH]c1C. The van der Waals surface area contributed by atoms with Crippen LogP contribution in [0.15, 0.2) is 12.3 Å². The summed E-state index contributed by atoms with van der Waals surface area (Å²) >= 11 is 0. The maximum Gasteiger partial charge on any atom is 0.0145 e. The zero-order valence-corrected chi connectivity index (χ0v) is 6.78. The Labute approximate surface area is 59.9 Å². The summed E-state index contributed by atoms with van der Waals surface area (Å²) in [5.41, 5.74) is 2.60. The Balaban J connectivity index is 0.000000490. The quantitative estimate of drug-likeness (QED) is 0.623. The molecule has 0 saturated carbocycles. The lowest BCUT2D eigenvalue weighted by molar-refractivity contribution is 1.23. The topological polar surface area (TPSA) is 15.8 Å². The zero-order chi connectivity index (χ0) is 5.28. The van der Waals surface area contributed by atoms with E-state index in [2.05, 4.69) is 24.9 Å². The molecule has 1 aromatic rings. The van der Waals surface area contributed by atoms with Gasteiger partial charge in [-0.3, -0.25) is 0 Å². The van der Waals surface area contributed by atoms with E-state index in [4.69, 9.17) is 0 Å².